The molecule has 2 amide bonds. The quantitative estimate of drug-likeness (QED) is 0.793. The summed E-state index contributed by atoms with van der Waals surface area (Å²) in [4.78, 5) is 31.0. The molecule has 22 heavy (non-hydrogen) atoms. The van der Waals surface area contributed by atoms with E-state index in [2.05, 4.69) is 11.8 Å². The van der Waals surface area contributed by atoms with Gasteiger partial charge >= 0.3 is 0 Å². The summed E-state index contributed by atoms with van der Waals surface area (Å²) in [7, 11) is 0. The first kappa shape index (κ1) is 15.8. The van der Waals surface area contributed by atoms with Crippen LogP contribution in [0.15, 0.2) is 0 Å². The van der Waals surface area contributed by atoms with Gasteiger partial charge in [-0.05, 0) is 52.0 Å². The average molecular weight is 307 g/mol. The number of carbonyl (C=O) groups is 2. The molecule has 3 atom stereocenters. The molecule has 0 bridgehead atoms. The first-order valence-electron chi connectivity index (χ1n) is 8.91. The number of likely N-dealkylation sites (tertiary alicyclic amines) is 3. The van der Waals surface area contributed by atoms with Crippen LogP contribution in [0, 0.1) is 0 Å². The van der Waals surface area contributed by atoms with Crippen LogP contribution in [0.4, 0.5) is 0 Å². The molecular weight excluding hydrogens is 278 g/mol. The molecule has 0 saturated carbocycles. The molecule has 0 aromatic carbocycles. The SMILES string of the molecule is CC(=O)N1CCC[C@@H]1[C@H]1CCCN1[C@@H](C)C(=O)N1CCCC1. The molecule has 0 radical (unpaired) electrons. The standard InChI is InChI=1S/C17H29N3O2/c1-13(17(22)18-9-3-4-10-18)19-11-5-7-15(19)16-8-6-12-20(16)14(2)21/h13,15-16H,3-12H2,1-2H3/t13-,15+,16+/m0/s1. The van der Waals surface area contributed by atoms with E-state index in [-0.39, 0.29) is 17.9 Å². The number of hydrogen-bond acceptors (Lipinski definition) is 3. The molecule has 0 unspecified atom stereocenters. The van der Waals surface area contributed by atoms with Crippen LogP contribution < -0.4 is 0 Å². The highest BCUT2D eigenvalue weighted by Gasteiger charge is 2.42. The van der Waals surface area contributed by atoms with E-state index < -0.39 is 0 Å². The van der Waals surface area contributed by atoms with Crippen LogP contribution in [0.2, 0.25) is 0 Å². The third-order valence-corrected chi connectivity index (χ3v) is 5.76. The maximum atomic E-state index is 12.7. The highest BCUT2D eigenvalue weighted by Crippen LogP contribution is 2.32. The van der Waals surface area contributed by atoms with E-state index in [9.17, 15) is 9.59 Å². The number of amides is 2. The lowest BCUT2D eigenvalue weighted by Gasteiger charge is -2.38. The highest BCUT2D eigenvalue weighted by molar-refractivity contribution is 5.81. The average Bonchev–Trinajstić information content (AvgIpc) is 3.24. The topological polar surface area (TPSA) is 43.9 Å². The third-order valence-electron chi connectivity index (χ3n) is 5.76. The largest absolute Gasteiger partial charge is 0.341 e. The number of hydrogen-bond donors (Lipinski definition) is 0. The summed E-state index contributed by atoms with van der Waals surface area (Å²) in [5, 5.41) is 0. The van der Waals surface area contributed by atoms with Gasteiger partial charge in [0.05, 0.1) is 6.04 Å². The molecule has 3 saturated heterocycles. The Kier molecular flexibility index (Phi) is 4.71. The van der Waals surface area contributed by atoms with Crippen molar-refractivity contribution >= 4 is 11.8 Å². The second kappa shape index (κ2) is 6.57. The van der Waals surface area contributed by atoms with Gasteiger partial charge in [-0.2, -0.15) is 0 Å². The van der Waals surface area contributed by atoms with Gasteiger partial charge in [0.25, 0.3) is 0 Å². The molecule has 0 aliphatic carbocycles. The van der Waals surface area contributed by atoms with Crippen molar-refractivity contribution < 1.29 is 9.59 Å². The summed E-state index contributed by atoms with van der Waals surface area (Å²) in [6.45, 7) is 7.46. The zero-order chi connectivity index (χ0) is 15.7. The zero-order valence-corrected chi connectivity index (χ0v) is 14.0. The number of rotatable bonds is 3. The fourth-order valence-electron chi connectivity index (χ4n) is 4.64. The molecule has 0 aromatic heterocycles. The van der Waals surface area contributed by atoms with Crippen LogP contribution >= 0.6 is 0 Å². The maximum absolute atomic E-state index is 12.7. The second-order valence-electron chi connectivity index (χ2n) is 7.08. The molecule has 3 fully saturated rings. The predicted molar refractivity (Wildman–Crippen MR) is 85.4 cm³/mol. The van der Waals surface area contributed by atoms with Crippen LogP contribution in [-0.4, -0.2) is 70.8 Å². The van der Waals surface area contributed by atoms with Crippen molar-refractivity contribution in [2.45, 2.75) is 70.5 Å². The van der Waals surface area contributed by atoms with E-state index in [1.165, 1.54) is 0 Å². The Morgan fingerprint density at radius 3 is 2.23 bits per heavy atom. The molecule has 3 heterocycles. The molecule has 3 aliphatic heterocycles. The zero-order valence-electron chi connectivity index (χ0n) is 14.0. The molecule has 5 nitrogen and oxygen atoms in total. The lowest BCUT2D eigenvalue weighted by Crippen LogP contribution is -2.54. The van der Waals surface area contributed by atoms with E-state index in [0.717, 1.165) is 64.7 Å². The van der Waals surface area contributed by atoms with Gasteiger partial charge in [0, 0.05) is 38.6 Å². The van der Waals surface area contributed by atoms with Gasteiger partial charge in [0.15, 0.2) is 0 Å². The molecule has 0 aromatic rings. The van der Waals surface area contributed by atoms with Gasteiger partial charge in [-0.3, -0.25) is 14.5 Å². The predicted octanol–water partition coefficient (Wildman–Crippen LogP) is 1.47. The fourth-order valence-corrected chi connectivity index (χ4v) is 4.64. The Hall–Kier alpha value is -1.10. The van der Waals surface area contributed by atoms with Gasteiger partial charge in [-0.15, -0.1) is 0 Å². The summed E-state index contributed by atoms with van der Waals surface area (Å²) in [6.07, 6.45) is 6.73. The van der Waals surface area contributed by atoms with Crippen LogP contribution in [0.25, 0.3) is 0 Å². The van der Waals surface area contributed by atoms with Crippen molar-refractivity contribution in [3.8, 4) is 0 Å². The van der Waals surface area contributed by atoms with Crippen molar-refractivity contribution in [2.75, 3.05) is 26.2 Å². The summed E-state index contributed by atoms with van der Waals surface area (Å²) in [6, 6.07) is 0.641. The summed E-state index contributed by atoms with van der Waals surface area (Å²) in [5.74, 6) is 0.477. The lowest BCUT2D eigenvalue weighted by atomic mass is 10.0. The lowest BCUT2D eigenvalue weighted by molar-refractivity contribution is -0.136. The first-order chi connectivity index (χ1) is 10.6. The van der Waals surface area contributed by atoms with E-state index in [4.69, 9.17) is 0 Å². The van der Waals surface area contributed by atoms with E-state index in [1.54, 1.807) is 6.92 Å². The number of carbonyl (C=O) groups excluding carboxylic acids is 2. The van der Waals surface area contributed by atoms with Crippen molar-refractivity contribution in [2.24, 2.45) is 0 Å². The smallest absolute Gasteiger partial charge is 0.239 e. The van der Waals surface area contributed by atoms with Crippen LogP contribution in [-0.2, 0) is 9.59 Å². The van der Waals surface area contributed by atoms with E-state index in [0.29, 0.717) is 12.1 Å². The van der Waals surface area contributed by atoms with Crippen LogP contribution in [0.3, 0.4) is 0 Å². The fraction of sp³-hybridized carbons (Fsp3) is 0.882. The summed E-state index contributed by atoms with van der Waals surface area (Å²) < 4.78 is 0. The maximum Gasteiger partial charge on any atom is 0.239 e. The second-order valence-corrected chi connectivity index (χ2v) is 7.08. The number of nitrogens with zero attached hydrogens (tertiary/aromatic N) is 3. The van der Waals surface area contributed by atoms with E-state index >= 15 is 0 Å². The Morgan fingerprint density at radius 2 is 1.55 bits per heavy atom. The first-order valence-corrected chi connectivity index (χ1v) is 8.91. The molecule has 0 N–H and O–H groups in total. The van der Waals surface area contributed by atoms with E-state index in [1.807, 2.05) is 9.80 Å². The van der Waals surface area contributed by atoms with Gasteiger partial charge in [-0.25, -0.2) is 0 Å². The van der Waals surface area contributed by atoms with Gasteiger partial charge in [0.1, 0.15) is 0 Å². The van der Waals surface area contributed by atoms with Crippen LogP contribution in [0.1, 0.15) is 52.4 Å². The minimum Gasteiger partial charge on any atom is -0.341 e. The Labute approximate surface area is 133 Å². The minimum atomic E-state index is -0.0417. The molecule has 3 aliphatic rings. The molecule has 124 valence electrons. The summed E-state index contributed by atoms with van der Waals surface area (Å²) in [5.41, 5.74) is 0. The third kappa shape index (κ3) is 2.87. The van der Waals surface area contributed by atoms with Crippen molar-refractivity contribution in [1.82, 2.24) is 14.7 Å². The molecule has 0 spiro atoms. The van der Waals surface area contributed by atoms with Crippen molar-refractivity contribution in [3.05, 3.63) is 0 Å². The Bertz CT molecular complexity index is 434. The summed E-state index contributed by atoms with van der Waals surface area (Å²) >= 11 is 0. The van der Waals surface area contributed by atoms with Gasteiger partial charge in [0.2, 0.25) is 11.8 Å². The highest BCUT2D eigenvalue weighted by atomic mass is 16.2. The Balaban J connectivity index is 1.69. The molecule has 3 rings (SSSR count). The van der Waals surface area contributed by atoms with Crippen molar-refractivity contribution in [1.29, 1.82) is 0 Å². The Morgan fingerprint density at radius 1 is 0.909 bits per heavy atom. The van der Waals surface area contributed by atoms with Gasteiger partial charge in [-0.1, -0.05) is 0 Å². The van der Waals surface area contributed by atoms with Crippen molar-refractivity contribution in [3.63, 3.8) is 0 Å². The monoisotopic (exact) mass is 307 g/mol. The van der Waals surface area contributed by atoms with Gasteiger partial charge < -0.3 is 9.80 Å². The molecule has 5 heteroatoms. The molecular formula is C17H29N3O2. The minimum absolute atomic E-state index is 0.0417. The van der Waals surface area contributed by atoms with Crippen LogP contribution in [0.5, 0.6) is 0 Å². The normalized spacial score (nSPS) is 31.0.